The van der Waals surface area contributed by atoms with E-state index in [1.807, 2.05) is 12.1 Å². The van der Waals surface area contributed by atoms with Gasteiger partial charge in [-0.1, -0.05) is 30.3 Å². The van der Waals surface area contributed by atoms with E-state index in [0.717, 1.165) is 5.56 Å². The van der Waals surface area contributed by atoms with Gasteiger partial charge in [0.1, 0.15) is 11.5 Å². The minimum absolute atomic E-state index is 0.224. The van der Waals surface area contributed by atoms with Crippen molar-refractivity contribution in [2.75, 3.05) is 19.8 Å². The van der Waals surface area contributed by atoms with E-state index in [2.05, 4.69) is 5.32 Å². The molecule has 0 spiro atoms. The van der Waals surface area contributed by atoms with Gasteiger partial charge in [0.05, 0.1) is 25.9 Å². The summed E-state index contributed by atoms with van der Waals surface area (Å²) >= 11 is 0. The number of carbonyl (C=O) groups is 1. The van der Waals surface area contributed by atoms with Crippen molar-refractivity contribution in [3.63, 3.8) is 0 Å². The van der Waals surface area contributed by atoms with E-state index in [9.17, 15) is 4.79 Å². The molecular weight excluding hydrogens is 260 g/mol. The lowest BCUT2D eigenvalue weighted by molar-refractivity contribution is -0.127. The highest BCUT2D eigenvalue weighted by Crippen LogP contribution is 2.11. The van der Waals surface area contributed by atoms with Crippen LogP contribution in [0.25, 0.3) is 0 Å². The monoisotopic (exact) mass is 278 g/mol. The van der Waals surface area contributed by atoms with Gasteiger partial charge >= 0.3 is 0 Å². The molecule has 1 aromatic carbocycles. The van der Waals surface area contributed by atoms with Crippen LogP contribution in [-0.4, -0.2) is 46.6 Å². The van der Waals surface area contributed by atoms with Gasteiger partial charge in [0.15, 0.2) is 0 Å². The second-order valence-corrected chi connectivity index (χ2v) is 4.62. The predicted octanol–water partition coefficient (Wildman–Crippen LogP) is -0.799. The molecule has 0 heterocycles. The summed E-state index contributed by atoms with van der Waals surface area (Å²) in [5, 5.41) is 38.9. The molecule has 0 aliphatic heterocycles. The normalized spacial score (nSPS) is 12.5. The summed E-state index contributed by atoms with van der Waals surface area (Å²) in [6.07, 6.45) is 0.224. The van der Waals surface area contributed by atoms with Crippen molar-refractivity contribution in [2.24, 2.45) is 5.92 Å². The van der Waals surface area contributed by atoms with Crippen molar-refractivity contribution in [3.05, 3.63) is 35.9 Å². The average molecular weight is 278 g/mol. The number of aliphatic hydroxyl groups excluding tert-OH is 3. The molecule has 6 nitrogen and oxygen atoms in total. The summed E-state index contributed by atoms with van der Waals surface area (Å²) in [4.78, 5) is 12.0. The van der Waals surface area contributed by atoms with E-state index >= 15 is 0 Å². The Morgan fingerprint density at radius 3 is 2.20 bits per heavy atom. The molecule has 108 valence electrons. The highest BCUT2D eigenvalue weighted by Gasteiger charge is 2.32. The Labute approximate surface area is 117 Å². The number of benzene rings is 1. The molecular formula is C14H18N2O4. The number of hydrogen-bond donors (Lipinski definition) is 4. The van der Waals surface area contributed by atoms with Crippen molar-refractivity contribution in [1.82, 2.24) is 5.32 Å². The number of nitriles is 1. The van der Waals surface area contributed by atoms with E-state index in [4.69, 9.17) is 20.6 Å². The van der Waals surface area contributed by atoms with Gasteiger partial charge in [0.2, 0.25) is 5.91 Å². The van der Waals surface area contributed by atoms with E-state index in [1.165, 1.54) is 0 Å². The summed E-state index contributed by atoms with van der Waals surface area (Å²) in [6, 6.07) is 10.9. The zero-order chi connectivity index (χ0) is 15.0. The number of amides is 1. The summed E-state index contributed by atoms with van der Waals surface area (Å²) in [7, 11) is 0. The van der Waals surface area contributed by atoms with Crippen LogP contribution < -0.4 is 5.32 Å². The maximum Gasteiger partial charge on any atom is 0.238 e. The Bertz CT molecular complexity index is 458. The first-order chi connectivity index (χ1) is 9.60. The molecule has 6 heteroatoms. The number of nitrogens with one attached hydrogen (secondary N) is 1. The third-order valence-electron chi connectivity index (χ3n) is 3.05. The molecule has 1 amide bonds. The first-order valence-electron chi connectivity index (χ1n) is 6.19. The summed E-state index contributed by atoms with van der Waals surface area (Å²) < 4.78 is 0. The highest BCUT2D eigenvalue weighted by atomic mass is 16.3. The fraction of sp³-hybridized carbons (Fsp3) is 0.429. The lowest BCUT2D eigenvalue weighted by atomic mass is 9.97. The largest absolute Gasteiger partial charge is 0.394 e. The van der Waals surface area contributed by atoms with Crippen molar-refractivity contribution < 1.29 is 20.1 Å². The Hall–Kier alpha value is -1.94. The molecule has 0 aliphatic rings. The van der Waals surface area contributed by atoms with Crippen LogP contribution in [0, 0.1) is 17.2 Å². The van der Waals surface area contributed by atoms with Gasteiger partial charge in [-0.25, -0.2) is 0 Å². The highest BCUT2D eigenvalue weighted by molar-refractivity contribution is 5.82. The second-order valence-electron chi connectivity index (χ2n) is 4.62. The van der Waals surface area contributed by atoms with Gasteiger partial charge in [-0.05, 0) is 12.0 Å². The van der Waals surface area contributed by atoms with Crippen molar-refractivity contribution >= 4 is 5.91 Å². The Morgan fingerprint density at radius 2 is 1.75 bits per heavy atom. The molecule has 0 saturated carbocycles. The standard InChI is InChI=1S/C14H18N2O4/c15-7-12(6-11-4-2-1-3-5-11)13(20)16-14(8-17,9-18)10-19/h1-5,12,17-19H,6,8-10H2,(H,16,20). The molecule has 0 fully saturated rings. The molecule has 0 bridgehead atoms. The first-order valence-corrected chi connectivity index (χ1v) is 6.19. The third kappa shape index (κ3) is 4.03. The minimum atomic E-state index is -1.51. The quantitative estimate of drug-likeness (QED) is 0.521. The maximum atomic E-state index is 12.0. The van der Waals surface area contributed by atoms with Crippen LogP contribution >= 0.6 is 0 Å². The van der Waals surface area contributed by atoms with Gasteiger partial charge < -0.3 is 20.6 Å². The summed E-state index contributed by atoms with van der Waals surface area (Å²) in [6.45, 7) is -1.85. The molecule has 1 atom stereocenters. The Kier molecular flexibility index (Phi) is 6.12. The fourth-order valence-corrected chi connectivity index (χ4v) is 1.66. The van der Waals surface area contributed by atoms with Crippen molar-refractivity contribution in [1.29, 1.82) is 5.26 Å². The molecule has 1 rings (SSSR count). The number of nitrogens with zero attached hydrogens (tertiary/aromatic N) is 1. The molecule has 1 unspecified atom stereocenters. The fourth-order valence-electron chi connectivity index (χ4n) is 1.66. The van der Waals surface area contributed by atoms with E-state index in [-0.39, 0.29) is 6.42 Å². The van der Waals surface area contributed by atoms with Crippen LogP contribution in [-0.2, 0) is 11.2 Å². The molecule has 4 N–H and O–H groups in total. The zero-order valence-corrected chi connectivity index (χ0v) is 11.0. The number of hydrogen-bond acceptors (Lipinski definition) is 5. The zero-order valence-electron chi connectivity index (χ0n) is 11.0. The van der Waals surface area contributed by atoms with Crippen molar-refractivity contribution in [3.8, 4) is 6.07 Å². The number of carbonyl (C=O) groups excluding carboxylic acids is 1. The molecule has 0 aromatic heterocycles. The topological polar surface area (TPSA) is 114 Å². The van der Waals surface area contributed by atoms with Crippen LogP contribution in [0.3, 0.4) is 0 Å². The van der Waals surface area contributed by atoms with Crippen LogP contribution in [0.2, 0.25) is 0 Å². The Balaban J connectivity index is 2.76. The van der Waals surface area contributed by atoms with Crippen LogP contribution in [0.1, 0.15) is 5.56 Å². The van der Waals surface area contributed by atoms with E-state index < -0.39 is 37.2 Å². The minimum Gasteiger partial charge on any atom is -0.394 e. The first kappa shape index (κ1) is 16.1. The van der Waals surface area contributed by atoms with Gasteiger partial charge in [-0.2, -0.15) is 5.26 Å². The van der Waals surface area contributed by atoms with Gasteiger partial charge in [0.25, 0.3) is 0 Å². The molecule has 0 saturated heterocycles. The summed E-state index contributed by atoms with van der Waals surface area (Å²) in [5.41, 5.74) is -0.681. The average Bonchev–Trinajstić information content (AvgIpc) is 2.51. The third-order valence-corrected chi connectivity index (χ3v) is 3.05. The Morgan fingerprint density at radius 1 is 1.20 bits per heavy atom. The maximum absolute atomic E-state index is 12.0. The summed E-state index contributed by atoms with van der Waals surface area (Å²) in [5.74, 6) is -1.59. The lowest BCUT2D eigenvalue weighted by Gasteiger charge is -2.29. The lowest BCUT2D eigenvalue weighted by Crippen LogP contribution is -2.58. The van der Waals surface area contributed by atoms with Crippen LogP contribution in [0.15, 0.2) is 30.3 Å². The molecule has 0 aliphatic carbocycles. The van der Waals surface area contributed by atoms with E-state index in [1.54, 1.807) is 24.3 Å². The second kappa shape index (κ2) is 7.60. The van der Waals surface area contributed by atoms with Gasteiger partial charge in [-0.15, -0.1) is 0 Å². The molecule has 0 radical (unpaired) electrons. The smallest absolute Gasteiger partial charge is 0.238 e. The predicted molar refractivity (Wildman–Crippen MR) is 71.4 cm³/mol. The SMILES string of the molecule is N#CC(Cc1ccccc1)C(=O)NC(CO)(CO)CO. The number of aliphatic hydroxyl groups is 3. The van der Waals surface area contributed by atoms with Gasteiger partial charge in [-0.3, -0.25) is 4.79 Å². The van der Waals surface area contributed by atoms with E-state index in [0.29, 0.717) is 0 Å². The van der Waals surface area contributed by atoms with Crippen molar-refractivity contribution in [2.45, 2.75) is 12.0 Å². The molecule has 20 heavy (non-hydrogen) atoms. The molecule has 1 aromatic rings. The number of rotatable bonds is 7. The van der Waals surface area contributed by atoms with Crippen LogP contribution in [0.5, 0.6) is 0 Å². The van der Waals surface area contributed by atoms with Gasteiger partial charge in [0, 0.05) is 0 Å². The van der Waals surface area contributed by atoms with Crippen LogP contribution in [0.4, 0.5) is 0 Å².